The average molecular weight is 359 g/mol. The Hall–Kier alpha value is -1.92. The predicted octanol–water partition coefficient (Wildman–Crippen LogP) is 1.82. The van der Waals surface area contributed by atoms with Crippen LogP contribution in [0, 0.1) is 0 Å². The highest BCUT2D eigenvalue weighted by atomic mass is 16.5. The van der Waals surface area contributed by atoms with Crippen LogP contribution >= 0.6 is 0 Å². The summed E-state index contributed by atoms with van der Waals surface area (Å²) in [6.45, 7) is 5.61. The summed E-state index contributed by atoms with van der Waals surface area (Å²) in [6, 6.07) is 7.42. The fourth-order valence-corrected chi connectivity index (χ4v) is 3.88. The maximum Gasteiger partial charge on any atom is 0.254 e. The zero-order valence-corrected chi connectivity index (χ0v) is 15.7. The molecule has 0 radical (unpaired) electrons. The number of hydrogen-bond donors (Lipinski definition) is 2. The summed E-state index contributed by atoms with van der Waals surface area (Å²) in [4.78, 5) is 26.8. The number of nitrogens with zero attached hydrogens (tertiary/aromatic N) is 1. The number of nitrogens with two attached hydrogens (primary N) is 1. The van der Waals surface area contributed by atoms with E-state index in [0.29, 0.717) is 25.2 Å². The third-order valence-electron chi connectivity index (χ3n) is 5.31. The van der Waals surface area contributed by atoms with Gasteiger partial charge in [0.2, 0.25) is 5.91 Å². The number of hydrogen-bond acceptors (Lipinski definition) is 4. The Morgan fingerprint density at radius 1 is 1.15 bits per heavy atom. The topological polar surface area (TPSA) is 84.7 Å². The van der Waals surface area contributed by atoms with Crippen molar-refractivity contribution in [1.29, 1.82) is 0 Å². The van der Waals surface area contributed by atoms with Crippen LogP contribution < -0.4 is 11.1 Å². The van der Waals surface area contributed by atoms with Crippen LogP contribution in [-0.4, -0.2) is 47.6 Å². The van der Waals surface area contributed by atoms with E-state index in [2.05, 4.69) is 5.32 Å². The molecule has 2 unspecified atom stereocenters. The van der Waals surface area contributed by atoms with Crippen molar-refractivity contribution in [2.45, 2.75) is 63.8 Å². The second-order valence-electron chi connectivity index (χ2n) is 7.71. The van der Waals surface area contributed by atoms with Crippen molar-refractivity contribution in [3.05, 3.63) is 35.4 Å². The Labute approximate surface area is 155 Å². The summed E-state index contributed by atoms with van der Waals surface area (Å²) >= 11 is 0. The molecule has 1 aliphatic carbocycles. The highest BCUT2D eigenvalue weighted by Crippen LogP contribution is 2.27. The molecule has 0 aromatic heterocycles. The van der Waals surface area contributed by atoms with Crippen molar-refractivity contribution < 1.29 is 14.3 Å². The molecule has 1 saturated heterocycles. The van der Waals surface area contributed by atoms with Crippen LogP contribution in [0.25, 0.3) is 0 Å². The van der Waals surface area contributed by atoms with Gasteiger partial charge in [0, 0.05) is 25.2 Å². The van der Waals surface area contributed by atoms with Crippen molar-refractivity contribution in [3.63, 3.8) is 0 Å². The first-order valence-corrected chi connectivity index (χ1v) is 9.48. The van der Waals surface area contributed by atoms with E-state index in [1.165, 1.54) is 0 Å². The molecular formula is C20H29N3O3. The molecule has 2 fully saturated rings. The predicted molar refractivity (Wildman–Crippen MR) is 99.6 cm³/mol. The normalized spacial score (nSPS) is 25.1. The molecule has 6 heteroatoms. The first kappa shape index (κ1) is 18.9. The van der Waals surface area contributed by atoms with Crippen LogP contribution in [0.4, 0.5) is 0 Å². The number of carbonyl (C=O) groups is 2. The fourth-order valence-electron chi connectivity index (χ4n) is 3.88. The first-order chi connectivity index (χ1) is 12.4. The fraction of sp³-hybridized carbons (Fsp3) is 0.600. The molecule has 3 N–H and O–H groups in total. The molecule has 1 heterocycles. The Kier molecular flexibility index (Phi) is 5.63. The van der Waals surface area contributed by atoms with E-state index >= 15 is 0 Å². The number of ether oxygens (including phenoxy) is 1. The first-order valence-electron chi connectivity index (χ1n) is 9.48. The Morgan fingerprint density at radius 2 is 1.73 bits per heavy atom. The van der Waals surface area contributed by atoms with E-state index in [1.54, 1.807) is 0 Å². The van der Waals surface area contributed by atoms with Gasteiger partial charge in [-0.3, -0.25) is 9.59 Å². The SMILES string of the molecule is CC1CN(C(=O)c2ccc(CNC(=O)C3(N)CCCC3)cc2)CC(C)O1. The van der Waals surface area contributed by atoms with Crippen LogP contribution in [0.15, 0.2) is 24.3 Å². The van der Waals surface area contributed by atoms with Gasteiger partial charge in [-0.15, -0.1) is 0 Å². The second-order valence-corrected chi connectivity index (χ2v) is 7.71. The molecule has 0 bridgehead atoms. The van der Waals surface area contributed by atoms with Crippen molar-refractivity contribution in [2.75, 3.05) is 13.1 Å². The van der Waals surface area contributed by atoms with Gasteiger partial charge < -0.3 is 20.7 Å². The Balaban J connectivity index is 1.56. The molecule has 2 amide bonds. The maximum absolute atomic E-state index is 12.7. The summed E-state index contributed by atoms with van der Waals surface area (Å²) in [5.74, 6) is -0.0547. The summed E-state index contributed by atoms with van der Waals surface area (Å²) in [7, 11) is 0. The minimum atomic E-state index is -0.709. The largest absolute Gasteiger partial charge is 0.372 e. The summed E-state index contributed by atoms with van der Waals surface area (Å²) < 4.78 is 5.68. The van der Waals surface area contributed by atoms with Gasteiger partial charge in [-0.2, -0.15) is 0 Å². The smallest absolute Gasteiger partial charge is 0.254 e. The standard InChI is InChI=1S/C20H29N3O3/c1-14-12-23(13-15(2)26-14)18(24)17-7-5-16(6-8-17)11-22-19(25)20(21)9-3-4-10-20/h5-8,14-15H,3-4,9-13,21H2,1-2H3,(H,22,25). The average Bonchev–Trinajstić information content (AvgIpc) is 3.06. The van der Waals surface area contributed by atoms with Crippen LogP contribution in [-0.2, 0) is 16.1 Å². The van der Waals surface area contributed by atoms with Crippen molar-refractivity contribution in [3.8, 4) is 0 Å². The summed E-state index contributed by atoms with van der Waals surface area (Å²) in [5, 5.41) is 2.93. The van der Waals surface area contributed by atoms with Gasteiger partial charge in [-0.05, 0) is 44.4 Å². The highest BCUT2D eigenvalue weighted by molar-refractivity contribution is 5.94. The Morgan fingerprint density at radius 3 is 2.31 bits per heavy atom. The van der Waals surface area contributed by atoms with Crippen molar-refractivity contribution >= 4 is 11.8 Å². The van der Waals surface area contributed by atoms with Gasteiger partial charge in [-0.25, -0.2) is 0 Å². The van der Waals surface area contributed by atoms with Gasteiger partial charge in [-0.1, -0.05) is 25.0 Å². The maximum atomic E-state index is 12.7. The second kappa shape index (κ2) is 7.76. The van der Waals surface area contributed by atoms with Crippen molar-refractivity contribution in [1.82, 2.24) is 10.2 Å². The van der Waals surface area contributed by atoms with Gasteiger partial charge in [0.1, 0.15) is 0 Å². The van der Waals surface area contributed by atoms with Crippen LogP contribution in [0.2, 0.25) is 0 Å². The lowest BCUT2D eigenvalue weighted by Gasteiger charge is -2.35. The summed E-state index contributed by atoms with van der Waals surface area (Å²) in [5.41, 5.74) is 7.07. The molecule has 2 aliphatic rings. The van der Waals surface area contributed by atoms with Gasteiger partial charge in [0.25, 0.3) is 5.91 Å². The minimum Gasteiger partial charge on any atom is -0.372 e. The lowest BCUT2D eigenvalue weighted by Crippen LogP contribution is -2.51. The van der Waals surface area contributed by atoms with Crippen LogP contribution in [0.1, 0.15) is 55.5 Å². The van der Waals surface area contributed by atoms with Crippen LogP contribution in [0.3, 0.4) is 0 Å². The zero-order valence-electron chi connectivity index (χ0n) is 15.7. The third-order valence-corrected chi connectivity index (χ3v) is 5.31. The minimum absolute atomic E-state index is 0.0226. The van der Waals surface area contributed by atoms with E-state index in [0.717, 1.165) is 31.2 Å². The molecule has 26 heavy (non-hydrogen) atoms. The van der Waals surface area contributed by atoms with E-state index in [-0.39, 0.29) is 24.0 Å². The molecular weight excluding hydrogens is 330 g/mol. The van der Waals surface area contributed by atoms with Gasteiger partial charge in [0.15, 0.2) is 0 Å². The van der Waals surface area contributed by atoms with Crippen molar-refractivity contribution in [2.24, 2.45) is 5.73 Å². The molecule has 2 atom stereocenters. The monoisotopic (exact) mass is 359 g/mol. The molecule has 1 aromatic rings. The molecule has 142 valence electrons. The molecule has 1 aromatic carbocycles. The third kappa shape index (κ3) is 4.24. The van der Waals surface area contributed by atoms with E-state index < -0.39 is 5.54 Å². The van der Waals surface area contributed by atoms with Crippen LogP contribution in [0.5, 0.6) is 0 Å². The van der Waals surface area contributed by atoms with E-state index in [4.69, 9.17) is 10.5 Å². The number of carbonyl (C=O) groups excluding carboxylic acids is 2. The molecule has 3 rings (SSSR count). The number of benzene rings is 1. The highest BCUT2D eigenvalue weighted by Gasteiger charge is 2.36. The van der Waals surface area contributed by atoms with Gasteiger partial charge >= 0.3 is 0 Å². The molecule has 1 saturated carbocycles. The van der Waals surface area contributed by atoms with Gasteiger partial charge in [0.05, 0.1) is 17.7 Å². The lowest BCUT2D eigenvalue weighted by atomic mass is 9.98. The number of rotatable bonds is 4. The zero-order chi connectivity index (χ0) is 18.7. The summed E-state index contributed by atoms with van der Waals surface area (Å²) in [6.07, 6.45) is 3.64. The molecule has 1 aliphatic heterocycles. The number of amides is 2. The van der Waals surface area contributed by atoms with E-state index in [1.807, 2.05) is 43.0 Å². The number of morpholine rings is 1. The number of nitrogens with one attached hydrogen (secondary N) is 1. The Bertz CT molecular complexity index is 643. The molecule has 6 nitrogen and oxygen atoms in total. The van der Waals surface area contributed by atoms with E-state index in [9.17, 15) is 9.59 Å². The lowest BCUT2D eigenvalue weighted by molar-refractivity contribution is -0.126. The molecule has 0 spiro atoms. The quantitative estimate of drug-likeness (QED) is 0.859.